The first kappa shape index (κ1) is 18.8. The van der Waals surface area contributed by atoms with Gasteiger partial charge >= 0.3 is 12.1 Å². The molecule has 0 spiro atoms. The molecule has 3 nitrogen and oxygen atoms in total. The van der Waals surface area contributed by atoms with Gasteiger partial charge < -0.3 is 10.1 Å². The molecule has 6 heteroatoms. The number of benzene rings is 2. The number of hydrogen-bond acceptors (Lipinski definition) is 3. The molecule has 0 saturated carbocycles. The molecule has 0 aromatic heterocycles. The molecule has 0 saturated heterocycles. The van der Waals surface area contributed by atoms with Gasteiger partial charge in [0.2, 0.25) is 0 Å². The zero-order chi connectivity index (χ0) is 18.4. The summed E-state index contributed by atoms with van der Waals surface area (Å²) >= 11 is 0. The van der Waals surface area contributed by atoms with Gasteiger partial charge in [0.25, 0.3) is 0 Å². The SMILES string of the molecule is CCOC(=O)c1ccccc1N[C@H](C)Cc1cccc(C(F)(F)F)c1. The number of para-hydroxylation sites is 1. The van der Waals surface area contributed by atoms with Crippen molar-refractivity contribution in [2.45, 2.75) is 32.5 Å². The number of anilines is 1. The molecule has 0 aliphatic carbocycles. The van der Waals surface area contributed by atoms with Crippen LogP contribution >= 0.6 is 0 Å². The Bertz CT molecular complexity index is 729. The monoisotopic (exact) mass is 351 g/mol. The van der Waals surface area contributed by atoms with Crippen molar-refractivity contribution in [1.29, 1.82) is 0 Å². The zero-order valence-electron chi connectivity index (χ0n) is 14.1. The number of halogens is 3. The van der Waals surface area contributed by atoms with E-state index in [4.69, 9.17) is 4.74 Å². The standard InChI is InChI=1S/C19H20F3NO2/c1-3-25-18(24)16-9-4-5-10-17(16)23-13(2)11-14-7-6-8-15(12-14)19(20,21)22/h4-10,12-13,23H,3,11H2,1-2H3/t13-/m1/s1. The van der Waals surface area contributed by atoms with E-state index in [1.807, 2.05) is 6.92 Å². The minimum atomic E-state index is -4.36. The maximum atomic E-state index is 12.8. The fraction of sp³-hybridized carbons (Fsp3) is 0.316. The predicted molar refractivity (Wildman–Crippen MR) is 90.6 cm³/mol. The quantitative estimate of drug-likeness (QED) is 0.750. The summed E-state index contributed by atoms with van der Waals surface area (Å²) in [4.78, 5) is 12.0. The van der Waals surface area contributed by atoms with Crippen LogP contribution < -0.4 is 5.32 Å². The molecule has 0 aliphatic heterocycles. The Labute approximate surface area is 144 Å². The van der Waals surface area contributed by atoms with Gasteiger partial charge in [-0.05, 0) is 44.0 Å². The Morgan fingerprint density at radius 2 is 1.88 bits per heavy atom. The second-order valence-electron chi connectivity index (χ2n) is 5.71. The summed E-state index contributed by atoms with van der Waals surface area (Å²) in [7, 11) is 0. The zero-order valence-corrected chi connectivity index (χ0v) is 14.1. The lowest BCUT2D eigenvalue weighted by atomic mass is 10.0. The highest BCUT2D eigenvalue weighted by Crippen LogP contribution is 2.30. The van der Waals surface area contributed by atoms with E-state index in [2.05, 4.69) is 5.32 Å². The first-order chi connectivity index (χ1) is 11.8. The molecule has 0 heterocycles. The molecule has 25 heavy (non-hydrogen) atoms. The highest BCUT2D eigenvalue weighted by atomic mass is 19.4. The van der Waals surface area contributed by atoms with Crippen molar-refractivity contribution in [1.82, 2.24) is 0 Å². The molecule has 2 aromatic carbocycles. The summed E-state index contributed by atoms with van der Waals surface area (Å²) in [6, 6.07) is 12.0. The van der Waals surface area contributed by atoms with Crippen LogP contribution in [0.3, 0.4) is 0 Å². The molecule has 0 unspecified atom stereocenters. The van der Waals surface area contributed by atoms with Crippen molar-refractivity contribution in [2.75, 3.05) is 11.9 Å². The van der Waals surface area contributed by atoms with Crippen LogP contribution in [-0.4, -0.2) is 18.6 Å². The van der Waals surface area contributed by atoms with Gasteiger partial charge in [0, 0.05) is 11.7 Å². The lowest BCUT2D eigenvalue weighted by molar-refractivity contribution is -0.137. The lowest BCUT2D eigenvalue weighted by Crippen LogP contribution is -2.20. The molecule has 1 N–H and O–H groups in total. The molecular weight excluding hydrogens is 331 g/mol. The van der Waals surface area contributed by atoms with E-state index in [0.717, 1.165) is 12.1 Å². The van der Waals surface area contributed by atoms with Crippen molar-refractivity contribution in [3.05, 3.63) is 65.2 Å². The van der Waals surface area contributed by atoms with Crippen LogP contribution in [0.2, 0.25) is 0 Å². The Hall–Kier alpha value is -2.50. The molecule has 1 atom stereocenters. The molecule has 0 bridgehead atoms. The number of rotatable bonds is 6. The Kier molecular flexibility index (Phi) is 6.07. The fourth-order valence-electron chi connectivity index (χ4n) is 2.54. The number of carbonyl (C=O) groups excluding carboxylic acids is 1. The van der Waals surface area contributed by atoms with Crippen LogP contribution in [-0.2, 0) is 17.3 Å². The Morgan fingerprint density at radius 3 is 2.56 bits per heavy atom. The largest absolute Gasteiger partial charge is 0.462 e. The smallest absolute Gasteiger partial charge is 0.416 e. The third-order valence-electron chi connectivity index (χ3n) is 3.62. The van der Waals surface area contributed by atoms with E-state index in [1.165, 1.54) is 6.07 Å². The number of carbonyl (C=O) groups is 1. The van der Waals surface area contributed by atoms with Crippen LogP contribution in [0.5, 0.6) is 0 Å². The molecule has 0 fully saturated rings. The van der Waals surface area contributed by atoms with Crippen molar-refractivity contribution < 1.29 is 22.7 Å². The molecular formula is C19H20F3NO2. The van der Waals surface area contributed by atoms with Crippen molar-refractivity contribution >= 4 is 11.7 Å². The summed E-state index contributed by atoms with van der Waals surface area (Å²) in [6.45, 7) is 3.85. The van der Waals surface area contributed by atoms with E-state index in [-0.39, 0.29) is 12.6 Å². The van der Waals surface area contributed by atoms with E-state index in [0.29, 0.717) is 23.2 Å². The predicted octanol–water partition coefficient (Wildman–Crippen LogP) is 4.93. The average molecular weight is 351 g/mol. The van der Waals surface area contributed by atoms with Crippen LogP contribution in [0, 0.1) is 0 Å². The molecule has 134 valence electrons. The van der Waals surface area contributed by atoms with Crippen LogP contribution in [0.1, 0.15) is 35.3 Å². The van der Waals surface area contributed by atoms with Crippen LogP contribution in [0.25, 0.3) is 0 Å². The topological polar surface area (TPSA) is 38.3 Å². The summed E-state index contributed by atoms with van der Waals surface area (Å²) in [5.41, 5.74) is 0.910. The maximum Gasteiger partial charge on any atom is 0.416 e. The highest BCUT2D eigenvalue weighted by molar-refractivity contribution is 5.95. The molecule has 0 aliphatic rings. The van der Waals surface area contributed by atoms with E-state index >= 15 is 0 Å². The van der Waals surface area contributed by atoms with Gasteiger partial charge in [0.1, 0.15) is 0 Å². The lowest BCUT2D eigenvalue weighted by Gasteiger charge is -2.18. The minimum absolute atomic E-state index is 0.168. The molecule has 2 aromatic rings. The van der Waals surface area contributed by atoms with Gasteiger partial charge in [0.15, 0.2) is 0 Å². The van der Waals surface area contributed by atoms with Crippen LogP contribution in [0.4, 0.5) is 18.9 Å². The third kappa shape index (κ3) is 5.24. The second-order valence-corrected chi connectivity index (χ2v) is 5.71. The number of alkyl halides is 3. The minimum Gasteiger partial charge on any atom is -0.462 e. The fourth-order valence-corrected chi connectivity index (χ4v) is 2.54. The molecule has 0 radical (unpaired) electrons. The second kappa shape index (κ2) is 8.05. The summed E-state index contributed by atoms with van der Waals surface area (Å²) in [6.07, 6.45) is -3.97. The van der Waals surface area contributed by atoms with Crippen molar-refractivity contribution in [3.63, 3.8) is 0 Å². The van der Waals surface area contributed by atoms with Gasteiger partial charge in [-0.15, -0.1) is 0 Å². The third-order valence-corrected chi connectivity index (χ3v) is 3.62. The summed E-state index contributed by atoms with van der Waals surface area (Å²) in [5, 5.41) is 3.17. The van der Waals surface area contributed by atoms with Gasteiger partial charge in [0.05, 0.1) is 17.7 Å². The van der Waals surface area contributed by atoms with E-state index in [1.54, 1.807) is 37.3 Å². The Morgan fingerprint density at radius 1 is 1.16 bits per heavy atom. The highest BCUT2D eigenvalue weighted by Gasteiger charge is 2.30. The van der Waals surface area contributed by atoms with Gasteiger partial charge in [-0.3, -0.25) is 0 Å². The first-order valence-electron chi connectivity index (χ1n) is 8.00. The Balaban J connectivity index is 2.11. The van der Waals surface area contributed by atoms with Gasteiger partial charge in [-0.25, -0.2) is 4.79 Å². The number of esters is 1. The number of ether oxygens (including phenoxy) is 1. The summed E-state index contributed by atoms with van der Waals surface area (Å²) < 4.78 is 43.4. The summed E-state index contributed by atoms with van der Waals surface area (Å²) in [5.74, 6) is -0.433. The van der Waals surface area contributed by atoms with Crippen LogP contribution in [0.15, 0.2) is 48.5 Å². The van der Waals surface area contributed by atoms with Gasteiger partial charge in [-0.2, -0.15) is 13.2 Å². The van der Waals surface area contributed by atoms with E-state index in [9.17, 15) is 18.0 Å². The molecule has 2 rings (SSSR count). The van der Waals surface area contributed by atoms with Crippen molar-refractivity contribution in [2.24, 2.45) is 0 Å². The number of hydrogen-bond donors (Lipinski definition) is 1. The first-order valence-corrected chi connectivity index (χ1v) is 8.00. The maximum absolute atomic E-state index is 12.8. The van der Waals surface area contributed by atoms with Gasteiger partial charge in [-0.1, -0.05) is 30.3 Å². The van der Waals surface area contributed by atoms with Crippen molar-refractivity contribution in [3.8, 4) is 0 Å². The average Bonchev–Trinajstić information content (AvgIpc) is 2.55. The number of nitrogens with one attached hydrogen (secondary N) is 1. The van der Waals surface area contributed by atoms with E-state index < -0.39 is 17.7 Å². The molecule has 0 amide bonds. The normalized spacial score (nSPS) is 12.5.